The summed E-state index contributed by atoms with van der Waals surface area (Å²) >= 11 is 1.73. The zero-order valence-electron chi connectivity index (χ0n) is 11.0. The quantitative estimate of drug-likeness (QED) is 0.913. The molecule has 2 aromatic rings. The van der Waals surface area contributed by atoms with Crippen LogP contribution in [0.1, 0.15) is 35.9 Å². The fraction of sp³-hybridized carbons (Fsp3) is 0.571. The summed E-state index contributed by atoms with van der Waals surface area (Å²) in [5, 5.41) is 9.53. The Bertz CT molecular complexity index is 489. The van der Waals surface area contributed by atoms with Crippen LogP contribution < -0.4 is 5.32 Å². The summed E-state index contributed by atoms with van der Waals surface area (Å²) in [7, 11) is 0. The van der Waals surface area contributed by atoms with Crippen molar-refractivity contribution < 1.29 is 4.52 Å². The molecule has 0 unspecified atom stereocenters. The highest BCUT2D eigenvalue weighted by atomic mass is 32.1. The van der Waals surface area contributed by atoms with Gasteiger partial charge in [-0.3, -0.25) is 0 Å². The van der Waals surface area contributed by atoms with Crippen molar-refractivity contribution in [3.05, 3.63) is 34.1 Å². The van der Waals surface area contributed by atoms with Crippen LogP contribution in [0.5, 0.6) is 0 Å². The average Bonchev–Trinajstić information content (AvgIpc) is 3.10. The van der Waals surface area contributed by atoms with Gasteiger partial charge in [0.05, 0.1) is 0 Å². The minimum absolute atomic E-state index is 0.786. The average molecular weight is 277 g/mol. The van der Waals surface area contributed by atoms with E-state index in [4.69, 9.17) is 4.52 Å². The normalized spacial score (nSPS) is 16.8. The molecule has 5 heteroatoms. The molecule has 2 aromatic heterocycles. The van der Waals surface area contributed by atoms with Crippen LogP contribution in [0.15, 0.2) is 22.0 Å². The Morgan fingerprint density at radius 2 is 2.26 bits per heavy atom. The number of hydrogen-bond acceptors (Lipinski definition) is 5. The summed E-state index contributed by atoms with van der Waals surface area (Å²) in [6.07, 6.45) is 5.42. The van der Waals surface area contributed by atoms with Gasteiger partial charge in [-0.25, -0.2) is 0 Å². The zero-order valence-corrected chi connectivity index (χ0v) is 11.8. The van der Waals surface area contributed by atoms with E-state index in [1.807, 2.05) is 0 Å². The second-order valence-corrected chi connectivity index (χ2v) is 6.12. The molecule has 3 heterocycles. The fourth-order valence-corrected chi connectivity index (χ4v) is 3.23. The predicted octanol–water partition coefficient (Wildman–Crippen LogP) is 2.65. The highest BCUT2D eigenvalue weighted by Gasteiger charge is 2.15. The van der Waals surface area contributed by atoms with Crippen molar-refractivity contribution in [1.82, 2.24) is 15.5 Å². The lowest BCUT2D eigenvalue weighted by molar-refractivity contribution is 0.323. The molecular weight excluding hydrogens is 258 g/mol. The molecule has 1 N–H and O–H groups in total. The van der Waals surface area contributed by atoms with E-state index < -0.39 is 0 Å². The Morgan fingerprint density at radius 1 is 1.37 bits per heavy atom. The molecule has 1 aliphatic heterocycles. The maximum atomic E-state index is 5.33. The van der Waals surface area contributed by atoms with Gasteiger partial charge in [0.1, 0.15) is 0 Å². The lowest BCUT2D eigenvalue weighted by atomic mass is 9.93. The molecule has 0 bridgehead atoms. The largest absolute Gasteiger partial charge is 0.339 e. The first-order valence-electron chi connectivity index (χ1n) is 6.95. The van der Waals surface area contributed by atoms with Gasteiger partial charge in [-0.1, -0.05) is 11.2 Å². The van der Waals surface area contributed by atoms with Crippen molar-refractivity contribution >= 4 is 11.3 Å². The maximum Gasteiger partial charge on any atom is 0.226 e. The van der Waals surface area contributed by atoms with E-state index in [0.717, 1.165) is 43.6 Å². The van der Waals surface area contributed by atoms with Crippen molar-refractivity contribution in [2.75, 3.05) is 13.1 Å². The van der Waals surface area contributed by atoms with Crippen LogP contribution in [-0.2, 0) is 12.8 Å². The van der Waals surface area contributed by atoms with E-state index in [-0.39, 0.29) is 0 Å². The van der Waals surface area contributed by atoms with E-state index in [1.54, 1.807) is 11.3 Å². The monoisotopic (exact) mass is 277 g/mol. The van der Waals surface area contributed by atoms with Crippen LogP contribution in [0, 0.1) is 5.92 Å². The van der Waals surface area contributed by atoms with E-state index in [9.17, 15) is 0 Å². The first-order chi connectivity index (χ1) is 9.40. The van der Waals surface area contributed by atoms with Crippen molar-refractivity contribution in [3.8, 4) is 0 Å². The number of piperidine rings is 1. The second-order valence-electron chi connectivity index (χ2n) is 5.09. The van der Waals surface area contributed by atoms with Crippen molar-refractivity contribution in [1.29, 1.82) is 0 Å². The van der Waals surface area contributed by atoms with Gasteiger partial charge < -0.3 is 9.84 Å². The van der Waals surface area contributed by atoms with E-state index in [0.29, 0.717) is 0 Å². The smallest absolute Gasteiger partial charge is 0.226 e. The van der Waals surface area contributed by atoms with Crippen LogP contribution in [0.4, 0.5) is 0 Å². The van der Waals surface area contributed by atoms with Gasteiger partial charge in [0, 0.05) is 17.7 Å². The third-order valence-electron chi connectivity index (χ3n) is 3.65. The number of nitrogens with zero attached hydrogens (tertiary/aromatic N) is 2. The first-order valence-corrected chi connectivity index (χ1v) is 7.82. The fourth-order valence-electron chi connectivity index (χ4n) is 2.53. The van der Waals surface area contributed by atoms with Crippen LogP contribution in [0.2, 0.25) is 0 Å². The Labute approximate surface area is 117 Å². The lowest BCUT2D eigenvalue weighted by Crippen LogP contribution is -2.27. The minimum atomic E-state index is 0.786. The highest BCUT2D eigenvalue weighted by molar-refractivity contribution is 7.09. The lowest BCUT2D eigenvalue weighted by Gasteiger charge is -2.21. The molecule has 1 aliphatic rings. The SMILES string of the molecule is c1csc(Cc2noc(CCC3CCNCC3)n2)c1. The van der Waals surface area contributed by atoms with E-state index in [1.165, 1.54) is 24.1 Å². The maximum absolute atomic E-state index is 5.33. The third-order valence-corrected chi connectivity index (χ3v) is 4.52. The Hall–Kier alpha value is -1.20. The molecule has 0 spiro atoms. The van der Waals surface area contributed by atoms with Crippen LogP contribution in [0.25, 0.3) is 0 Å². The topological polar surface area (TPSA) is 51.0 Å². The second kappa shape index (κ2) is 6.30. The van der Waals surface area contributed by atoms with Crippen molar-refractivity contribution in [3.63, 3.8) is 0 Å². The molecular formula is C14H19N3OS. The molecule has 0 amide bonds. The number of thiophene rings is 1. The van der Waals surface area contributed by atoms with E-state index >= 15 is 0 Å². The molecule has 0 atom stereocenters. The molecule has 1 saturated heterocycles. The number of aromatic nitrogens is 2. The standard InChI is InChI=1S/C14H19N3OS/c1-2-12(19-9-1)10-13-16-14(18-17-13)4-3-11-5-7-15-8-6-11/h1-2,9,11,15H,3-8,10H2. The van der Waals surface area contributed by atoms with Crippen LogP contribution in [-0.4, -0.2) is 23.2 Å². The Balaban J connectivity index is 1.50. The first kappa shape index (κ1) is 12.8. The molecule has 0 radical (unpaired) electrons. The minimum Gasteiger partial charge on any atom is -0.339 e. The third kappa shape index (κ3) is 3.64. The van der Waals surface area contributed by atoms with Gasteiger partial charge in [-0.05, 0) is 49.7 Å². The molecule has 0 saturated carbocycles. The number of hydrogen-bond donors (Lipinski definition) is 1. The predicted molar refractivity (Wildman–Crippen MR) is 75.3 cm³/mol. The molecule has 102 valence electrons. The van der Waals surface area contributed by atoms with Gasteiger partial charge in [-0.15, -0.1) is 11.3 Å². The number of aryl methyl sites for hydroxylation is 1. The van der Waals surface area contributed by atoms with Gasteiger partial charge >= 0.3 is 0 Å². The molecule has 19 heavy (non-hydrogen) atoms. The highest BCUT2D eigenvalue weighted by Crippen LogP contribution is 2.19. The zero-order chi connectivity index (χ0) is 12.9. The molecule has 1 fully saturated rings. The summed E-state index contributed by atoms with van der Waals surface area (Å²) in [6.45, 7) is 2.30. The molecule has 0 aliphatic carbocycles. The van der Waals surface area contributed by atoms with Crippen molar-refractivity contribution in [2.24, 2.45) is 5.92 Å². The summed E-state index contributed by atoms with van der Waals surface area (Å²) in [5.74, 6) is 2.42. The van der Waals surface area contributed by atoms with Gasteiger partial charge in [-0.2, -0.15) is 4.98 Å². The molecule has 4 nitrogen and oxygen atoms in total. The number of nitrogens with one attached hydrogen (secondary N) is 1. The van der Waals surface area contributed by atoms with Gasteiger partial charge in [0.2, 0.25) is 5.89 Å². The summed E-state index contributed by atoms with van der Waals surface area (Å²) in [6, 6.07) is 4.16. The summed E-state index contributed by atoms with van der Waals surface area (Å²) in [5.41, 5.74) is 0. The molecule has 3 rings (SSSR count). The Kier molecular flexibility index (Phi) is 4.25. The summed E-state index contributed by atoms with van der Waals surface area (Å²) < 4.78 is 5.33. The van der Waals surface area contributed by atoms with Gasteiger partial charge in [0.25, 0.3) is 0 Å². The van der Waals surface area contributed by atoms with E-state index in [2.05, 4.69) is 33.0 Å². The van der Waals surface area contributed by atoms with Gasteiger partial charge in [0.15, 0.2) is 5.82 Å². The number of rotatable bonds is 5. The van der Waals surface area contributed by atoms with Crippen molar-refractivity contribution in [2.45, 2.75) is 32.1 Å². The molecule has 0 aromatic carbocycles. The van der Waals surface area contributed by atoms with Crippen LogP contribution >= 0.6 is 11.3 Å². The summed E-state index contributed by atoms with van der Waals surface area (Å²) in [4.78, 5) is 5.77. The Morgan fingerprint density at radius 3 is 3.05 bits per heavy atom. The van der Waals surface area contributed by atoms with Crippen LogP contribution in [0.3, 0.4) is 0 Å².